The van der Waals surface area contributed by atoms with Crippen LogP contribution in [0, 0.1) is 13.8 Å². The average molecular weight is 456 g/mol. The summed E-state index contributed by atoms with van der Waals surface area (Å²) < 4.78 is 33.0. The van der Waals surface area contributed by atoms with Gasteiger partial charge >= 0.3 is 0 Å². The number of carbonyl (C=O) groups is 1. The van der Waals surface area contributed by atoms with E-state index in [-0.39, 0.29) is 23.0 Å². The van der Waals surface area contributed by atoms with Crippen LogP contribution in [0.4, 0.5) is 0 Å². The summed E-state index contributed by atoms with van der Waals surface area (Å²) in [4.78, 5) is 16.1. The topological polar surface area (TPSA) is 91.5 Å². The van der Waals surface area contributed by atoms with Crippen LogP contribution >= 0.6 is 0 Å². The highest BCUT2D eigenvalue weighted by Crippen LogP contribution is 2.23. The van der Waals surface area contributed by atoms with Gasteiger partial charge in [-0.3, -0.25) is 4.79 Å². The van der Waals surface area contributed by atoms with Crippen molar-refractivity contribution in [1.82, 2.24) is 14.6 Å². The lowest BCUT2D eigenvalue weighted by molar-refractivity contribution is -0.0440. The number of H-pyrrole nitrogens is 1. The van der Waals surface area contributed by atoms with Gasteiger partial charge in [0.15, 0.2) is 0 Å². The van der Waals surface area contributed by atoms with Crippen LogP contribution in [0.5, 0.6) is 0 Å². The Labute approximate surface area is 188 Å². The summed E-state index contributed by atoms with van der Waals surface area (Å²) in [6, 6.07) is 12.2. The molecule has 0 spiro atoms. The van der Waals surface area contributed by atoms with E-state index in [4.69, 9.17) is 4.74 Å². The van der Waals surface area contributed by atoms with Gasteiger partial charge in [0.1, 0.15) is 0 Å². The number of rotatable bonds is 5. The highest BCUT2D eigenvalue weighted by Gasteiger charge is 2.32. The SMILES string of the molecule is Cc1[nH]c2ccc(CNC(=O)c3ccc(S(=O)(=O)N4CC(C)OC(C)C4)cc3)cc2c1C. The molecule has 0 radical (unpaired) electrons. The van der Waals surface area contributed by atoms with Crippen LogP contribution in [-0.4, -0.2) is 48.9 Å². The van der Waals surface area contributed by atoms with Crippen molar-refractivity contribution >= 4 is 26.8 Å². The molecule has 2 heterocycles. The number of fused-ring (bicyclic) bond motifs is 1. The van der Waals surface area contributed by atoms with E-state index in [1.165, 1.54) is 22.0 Å². The molecule has 2 atom stereocenters. The van der Waals surface area contributed by atoms with Crippen LogP contribution in [0.15, 0.2) is 47.4 Å². The third kappa shape index (κ3) is 4.44. The molecular weight excluding hydrogens is 426 g/mol. The molecule has 1 saturated heterocycles. The molecule has 1 aliphatic heterocycles. The van der Waals surface area contributed by atoms with Gasteiger partial charge in [-0.05, 0) is 75.2 Å². The Morgan fingerprint density at radius 3 is 2.41 bits per heavy atom. The van der Waals surface area contributed by atoms with E-state index in [1.54, 1.807) is 12.1 Å². The second kappa shape index (κ2) is 8.69. The molecule has 2 N–H and O–H groups in total. The van der Waals surface area contributed by atoms with Crippen molar-refractivity contribution in [3.05, 3.63) is 64.8 Å². The van der Waals surface area contributed by atoms with Crippen molar-refractivity contribution in [2.75, 3.05) is 13.1 Å². The van der Waals surface area contributed by atoms with Crippen molar-refractivity contribution in [1.29, 1.82) is 0 Å². The number of sulfonamides is 1. The van der Waals surface area contributed by atoms with E-state index in [2.05, 4.69) is 23.3 Å². The predicted octanol–water partition coefficient (Wildman–Crippen LogP) is 3.51. The number of nitrogens with zero attached hydrogens (tertiary/aromatic N) is 1. The number of morpholine rings is 1. The standard InChI is InChI=1S/C24H29N3O4S/c1-15-13-27(14-16(2)31-15)32(29,30)21-8-6-20(7-9-21)24(28)25-12-19-5-10-23-22(11-19)17(3)18(4)26-23/h5-11,15-16,26H,12-14H2,1-4H3,(H,25,28). The minimum atomic E-state index is -3.63. The van der Waals surface area contributed by atoms with Gasteiger partial charge in [-0.25, -0.2) is 8.42 Å². The van der Waals surface area contributed by atoms with E-state index in [0.717, 1.165) is 22.2 Å². The van der Waals surface area contributed by atoms with Gasteiger partial charge in [0.25, 0.3) is 5.91 Å². The number of hydrogen-bond acceptors (Lipinski definition) is 4. The van der Waals surface area contributed by atoms with Gasteiger partial charge in [-0.15, -0.1) is 0 Å². The number of hydrogen-bond donors (Lipinski definition) is 2. The third-order valence-electron chi connectivity index (χ3n) is 5.97. The van der Waals surface area contributed by atoms with Crippen LogP contribution in [0.25, 0.3) is 10.9 Å². The molecule has 0 aliphatic carbocycles. The molecule has 2 unspecified atom stereocenters. The van der Waals surface area contributed by atoms with Crippen molar-refractivity contribution in [2.45, 2.75) is 51.3 Å². The number of aromatic amines is 1. The summed E-state index contributed by atoms with van der Waals surface area (Å²) in [5.41, 5.74) is 4.84. The number of nitrogens with one attached hydrogen (secondary N) is 2. The van der Waals surface area contributed by atoms with E-state index in [9.17, 15) is 13.2 Å². The normalized spacial score (nSPS) is 19.9. The number of aromatic nitrogens is 1. The first-order chi connectivity index (χ1) is 15.1. The summed E-state index contributed by atoms with van der Waals surface area (Å²) in [5.74, 6) is -0.246. The highest BCUT2D eigenvalue weighted by molar-refractivity contribution is 7.89. The fraction of sp³-hybridized carbons (Fsp3) is 0.375. The zero-order valence-corrected chi connectivity index (χ0v) is 19.6. The molecule has 170 valence electrons. The van der Waals surface area contributed by atoms with Gasteiger partial charge in [0.05, 0.1) is 17.1 Å². The number of amides is 1. The molecule has 32 heavy (non-hydrogen) atoms. The fourth-order valence-corrected chi connectivity index (χ4v) is 5.75. The minimum Gasteiger partial charge on any atom is -0.373 e. The molecule has 1 aromatic heterocycles. The maximum atomic E-state index is 13.0. The Hall–Kier alpha value is -2.68. The van der Waals surface area contributed by atoms with E-state index in [0.29, 0.717) is 25.2 Å². The first-order valence-electron chi connectivity index (χ1n) is 10.8. The molecule has 7 nitrogen and oxygen atoms in total. The van der Waals surface area contributed by atoms with Crippen LogP contribution in [0.1, 0.15) is 41.0 Å². The molecule has 1 amide bonds. The number of benzene rings is 2. The van der Waals surface area contributed by atoms with Gasteiger partial charge < -0.3 is 15.0 Å². The maximum absolute atomic E-state index is 13.0. The molecule has 0 saturated carbocycles. The molecule has 0 bridgehead atoms. The average Bonchev–Trinajstić information content (AvgIpc) is 3.04. The first-order valence-corrected chi connectivity index (χ1v) is 12.2. The summed E-state index contributed by atoms with van der Waals surface area (Å²) in [6.45, 7) is 8.87. The van der Waals surface area contributed by atoms with Crippen LogP contribution < -0.4 is 5.32 Å². The maximum Gasteiger partial charge on any atom is 0.251 e. The van der Waals surface area contributed by atoms with Crippen molar-refractivity contribution in [2.24, 2.45) is 0 Å². The molecule has 2 aromatic carbocycles. The van der Waals surface area contributed by atoms with Gasteiger partial charge in [0, 0.05) is 41.8 Å². The summed E-state index contributed by atoms with van der Waals surface area (Å²) >= 11 is 0. The number of aryl methyl sites for hydroxylation is 2. The lowest BCUT2D eigenvalue weighted by Crippen LogP contribution is -2.48. The third-order valence-corrected chi connectivity index (χ3v) is 7.81. The van der Waals surface area contributed by atoms with E-state index in [1.807, 2.05) is 32.9 Å². The first kappa shape index (κ1) is 22.5. The lowest BCUT2D eigenvalue weighted by atomic mass is 10.1. The van der Waals surface area contributed by atoms with E-state index < -0.39 is 10.0 Å². The Morgan fingerprint density at radius 2 is 1.75 bits per heavy atom. The second-order valence-corrected chi connectivity index (χ2v) is 10.5. The van der Waals surface area contributed by atoms with E-state index >= 15 is 0 Å². The molecule has 1 fully saturated rings. The fourth-order valence-electron chi connectivity index (χ4n) is 4.16. The molecular formula is C24H29N3O4S. The Balaban J connectivity index is 1.43. The largest absolute Gasteiger partial charge is 0.373 e. The van der Waals surface area contributed by atoms with Crippen molar-refractivity contribution in [3.63, 3.8) is 0 Å². The summed E-state index contributed by atoms with van der Waals surface area (Å²) in [5, 5.41) is 4.06. The predicted molar refractivity (Wildman–Crippen MR) is 124 cm³/mol. The Bertz CT molecular complexity index is 1240. The van der Waals surface area contributed by atoms with Gasteiger partial charge in [0.2, 0.25) is 10.0 Å². The highest BCUT2D eigenvalue weighted by atomic mass is 32.2. The van der Waals surface area contributed by atoms with Crippen molar-refractivity contribution < 1.29 is 17.9 Å². The zero-order chi connectivity index (χ0) is 23.0. The second-order valence-electron chi connectivity index (χ2n) is 8.54. The molecule has 3 aromatic rings. The minimum absolute atomic E-state index is 0.156. The van der Waals surface area contributed by atoms with Crippen LogP contribution in [-0.2, 0) is 21.3 Å². The zero-order valence-electron chi connectivity index (χ0n) is 18.8. The molecule has 8 heteroatoms. The number of carbonyl (C=O) groups excluding carboxylic acids is 1. The molecule has 4 rings (SSSR count). The monoisotopic (exact) mass is 455 g/mol. The summed E-state index contributed by atoms with van der Waals surface area (Å²) in [6.07, 6.45) is -0.312. The van der Waals surface area contributed by atoms with Crippen LogP contribution in [0.2, 0.25) is 0 Å². The van der Waals surface area contributed by atoms with Gasteiger partial charge in [-0.2, -0.15) is 4.31 Å². The quantitative estimate of drug-likeness (QED) is 0.616. The Kier molecular flexibility index (Phi) is 6.11. The summed E-state index contributed by atoms with van der Waals surface area (Å²) in [7, 11) is -3.63. The number of ether oxygens (including phenoxy) is 1. The molecule has 1 aliphatic rings. The van der Waals surface area contributed by atoms with Gasteiger partial charge in [-0.1, -0.05) is 6.07 Å². The van der Waals surface area contributed by atoms with Crippen molar-refractivity contribution in [3.8, 4) is 0 Å². The smallest absolute Gasteiger partial charge is 0.251 e. The lowest BCUT2D eigenvalue weighted by Gasteiger charge is -2.34. The van der Waals surface area contributed by atoms with Crippen LogP contribution in [0.3, 0.4) is 0 Å². The Morgan fingerprint density at radius 1 is 1.09 bits per heavy atom.